The van der Waals surface area contributed by atoms with Crippen LogP contribution in [0.1, 0.15) is 22.7 Å². The molecule has 0 saturated carbocycles. The maximum absolute atomic E-state index is 13.3. The molecule has 2 aromatic carbocycles. The minimum absolute atomic E-state index is 0.0302. The van der Waals surface area contributed by atoms with Crippen LogP contribution in [0.5, 0.6) is 0 Å². The number of benzene rings is 2. The lowest BCUT2D eigenvalue weighted by molar-refractivity contribution is -0.140. The van der Waals surface area contributed by atoms with E-state index < -0.39 is 23.5 Å². The predicted molar refractivity (Wildman–Crippen MR) is 110 cm³/mol. The molecular formula is C23H16ClFN2O3. The number of Topliss-reactive ketones (excluding diaryl/α,β-unsaturated/α-hetero) is 1. The van der Waals surface area contributed by atoms with E-state index in [-0.39, 0.29) is 17.9 Å². The average Bonchev–Trinajstić information content (AvgIpc) is 3.01. The molecule has 2 heterocycles. The Hall–Kier alpha value is -3.51. The van der Waals surface area contributed by atoms with Gasteiger partial charge in [0.2, 0.25) is 0 Å². The highest BCUT2D eigenvalue weighted by Crippen LogP contribution is 2.40. The Morgan fingerprint density at radius 3 is 2.40 bits per heavy atom. The molecule has 7 heteroatoms. The van der Waals surface area contributed by atoms with Gasteiger partial charge in [-0.25, -0.2) is 4.39 Å². The molecule has 1 atom stereocenters. The number of halogens is 2. The molecule has 1 unspecified atom stereocenters. The number of amides is 1. The summed E-state index contributed by atoms with van der Waals surface area (Å²) in [4.78, 5) is 31.2. The summed E-state index contributed by atoms with van der Waals surface area (Å²) in [7, 11) is 0. The molecule has 1 aromatic heterocycles. The second-order valence-corrected chi connectivity index (χ2v) is 7.28. The maximum atomic E-state index is 13.3. The van der Waals surface area contributed by atoms with Crippen molar-refractivity contribution in [1.82, 2.24) is 9.88 Å². The number of carbonyl (C=O) groups is 2. The summed E-state index contributed by atoms with van der Waals surface area (Å²) in [5, 5.41) is 11.4. The van der Waals surface area contributed by atoms with E-state index in [0.29, 0.717) is 21.7 Å². The molecule has 4 rings (SSSR count). The number of aromatic nitrogens is 1. The zero-order valence-corrected chi connectivity index (χ0v) is 16.4. The molecule has 5 nitrogen and oxygen atoms in total. The molecule has 0 bridgehead atoms. The lowest BCUT2D eigenvalue weighted by Crippen LogP contribution is -2.29. The van der Waals surface area contributed by atoms with Gasteiger partial charge in [0.1, 0.15) is 11.6 Å². The van der Waals surface area contributed by atoms with Crippen molar-refractivity contribution in [3.8, 4) is 0 Å². The number of pyridine rings is 1. The van der Waals surface area contributed by atoms with Crippen molar-refractivity contribution >= 4 is 29.1 Å². The van der Waals surface area contributed by atoms with Gasteiger partial charge in [-0.2, -0.15) is 0 Å². The fraction of sp³-hybridized carbons (Fsp3) is 0.0870. The van der Waals surface area contributed by atoms with Gasteiger partial charge < -0.3 is 10.0 Å². The van der Waals surface area contributed by atoms with E-state index in [4.69, 9.17) is 11.6 Å². The van der Waals surface area contributed by atoms with Crippen LogP contribution in [0.2, 0.25) is 5.02 Å². The standard InChI is InChI=1S/C23H16ClFN2O3/c24-17-7-5-15(6-8-17)21(28)19-20(16-2-1-11-26-12-16)27(23(30)22(19)29)13-14-3-9-18(25)10-4-14/h1-12,20,28H,13H2/b21-19-. The first-order chi connectivity index (χ1) is 14.5. The molecule has 1 aliphatic heterocycles. The topological polar surface area (TPSA) is 70.5 Å². The molecule has 1 fully saturated rings. The van der Waals surface area contributed by atoms with Crippen molar-refractivity contribution in [2.24, 2.45) is 0 Å². The van der Waals surface area contributed by atoms with Crippen LogP contribution in [0.3, 0.4) is 0 Å². The zero-order chi connectivity index (χ0) is 21.3. The van der Waals surface area contributed by atoms with Crippen molar-refractivity contribution in [3.05, 3.63) is 106 Å². The van der Waals surface area contributed by atoms with Gasteiger partial charge in [-0.05, 0) is 53.6 Å². The third-order valence-corrected chi connectivity index (χ3v) is 5.18. The highest BCUT2D eigenvalue weighted by atomic mass is 35.5. The third-order valence-electron chi connectivity index (χ3n) is 4.92. The van der Waals surface area contributed by atoms with Gasteiger partial charge in [-0.3, -0.25) is 14.6 Å². The van der Waals surface area contributed by atoms with Gasteiger partial charge in [0.25, 0.3) is 11.7 Å². The van der Waals surface area contributed by atoms with Crippen molar-refractivity contribution in [2.75, 3.05) is 0 Å². The summed E-state index contributed by atoms with van der Waals surface area (Å²) in [6.07, 6.45) is 3.12. The van der Waals surface area contributed by atoms with Crippen LogP contribution in [0.15, 0.2) is 78.6 Å². The quantitative estimate of drug-likeness (QED) is 0.382. The van der Waals surface area contributed by atoms with E-state index in [1.54, 1.807) is 60.9 Å². The van der Waals surface area contributed by atoms with Crippen molar-refractivity contribution in [1.29, 1.82) is 0 Å². The summed E-state index contributed by atoms with van der Waals surface area (Å²) in [5.41, 5.74) is 1.57. The number of hydrogen-bond acceptors (Lipinski definition) is 4. The van der Waals surface area contributed by atoms with E-state index in [9.17, 15) is 19.1 Å². The largest absolute Gasteiger partial charge is 0.507 e. The summed E-state index contributed by atoms with van der Waals surface area (Å²) >= 11 is 5.92. The monoisotopic (exact) mass is 422 g/mol. The van der Waals surface area contributed by atoms with Gasteiger partial charge in [-0.1, -0.05) is 29.8 Å². The molecule has 3 aromatic rings. The van der Waals surface area contributed by atoms with Gasteiger partial charge in [0.05, 0.1) is 11.6 Å². The zero-order valence-electron chi connectivity index (χ0n) is 15.6. The number of carbonyl (C=O) groups excluding carboxylic acids is 2. The number of aliphatic hydroxyl groups excluding tert-OH is 1. The van der Waals surface area contributed by atoms with Crippen LogP contribution < -0.4 is 0 Å². The number of ketones is 1. The summed E-state index contributed by atoms with van der Waals surface area (Å²) < 4.78 is 13.3. The fourth-order valence-electron chi connectivity index (χ4n) is 3.48. The highest BCUT2D eigenvalue weighted by Gasteiger charge is 2.46. The predicted octanol–water partition coefficient (Wildman–Crippen LogP) is 4.50. The Labute approximate surface area is 177 Å². The molecule has 30 heavy (non-hydrogen) atoms. The lowest BCUT2D eigenvalue weighted by Gasteiger charge is -2.25. The van der Waals surface area contributed by atoms with Crippen LogP contribution >= 0.6 is 11.6 Å². The molecule has 150 valence electrons. The summed E-state index contributed by atoms with van der Waals surface area (Å²) in [6.45, 7) is 0.0712. The molecule has 0 aliphatic carbocycles. The van der Waals surface area contributed by atoms with Gasteiger partial charge in [0, 0.05) is 29.5 Å². The Balaban J connectivity index is 1.83. The first kappa shape index (κ1) is 19.8. The second-order valence-electron chi connectivity index (χ2n) is 6.85. The van der Waals surface area contributed by atoms with Crippen LogP contribution in [0.4, 0.5) is 4.39 Å². The molecule has 1 amide bonds. The maximum Gasteiger partial charge on any atom is 0.295 e. The first-order valence-electron chi connectivity index (χ1n) is 9.14. The number of nitrogens with zero attached hydrogens (tertiary/aromatic N) is 2. The van der Waals surface area contributed by atoms with Crippen molar-refractivity contribution < 1.29 is 19.1 Å². The minimum atomic E-state index is -0.834. The Morgan fingerprint density at radius 2 is 1.77 bits per heavy atom. The number of rotatable bonds is 4. The number of likely N-dealkylation sites (tertiary alicyclic amines) is 1. The summed E-state index contributed by atoms with van der Waals surface area (Å²) in [6, 6.07) is 14.6. The van der Waals surface area contributed by atoms with E-state index in [1.807, 2.05) is 0 Å². The van der Waals surface area contributed by atoms with Crippen LogP contribution in [-0.4, -0.2) is 26.7 Å². The molecular weight excluding hydrogens is 407 g/mol. The number of aliphatic hydroxyl groups is 1. The SMILES string of the molecule is O=C1C(=O)N(Cc2ccc(F)cc2)C(c2cccnc2)/C1=C(/O)c1ccc(Cl)cc1. The smallest absolute Gasteiger partial charge is 0.295 e. The highest BCUT2D eigenvalue weighted by molar-refractivity contribution is 6.46. The van der Waals surface area contributed by atoms with Crippen LogP contribution in [-0.2, 0) is 16.1 Å². The normalized spacial score (nSPS) is 18.1. The van der Waals surface area contributed by atoms with E-state index in [0.717, 1.165) is 0 Å². The second kappa shape index (κ2) is 8.08. The van der Waals surface area contributed by atoms with Gasteiger partial charge >= 0.3 is 0 Å². The van der Waals surface area contributed by atoms with Gasteiger partial charge in [0.15, 0.2) is 0 Å². The molecule has 0 radical (unpaired) electrons. The lowest BCUT2D eigenvalue weighted by atomic mass is 9.96. The Bertz CT molecular complexity index is 1130. The third kappa shape index (κ3) is 3.69. The summed E-state index contributed by atoms with van der Waals surface area (Å²) in [5.74, 6) is -2.23. The van der Waals surface area contributed by atoms with Gasteiger partial charge in [-0.15, -0.1) is 0 Å². The van der Waals surface area contributed by atoms with Crippen LogP contribution in [0, 0.1) is 5.82 Å². The first-order valence-corrected chi connectivity index (χ1v) is 9.52. The fourth-order valence-corrected chi connectivity index (χ4v) is 3.60. The van der Waals surface area contributed by atoms with Crippen molar-refractivity contribution in [2.45, 2.75) is 12.6 Å². The van der Waals surface area contributed by atoms with Crippen molar-refractivity contribution in [3.63, 3.8) is 0 Å². The Morgan fingerprint density at radius 1 is 1.07 bits per heavy atom. The Kier molecular flexibility index (Phi) is 5.33. The average molecular weight is 423 g/mol. The van der Waals surface area contributed by atoms with E-state index >= 15 is 0 Å². The minimum Gasteiger partial charge on any atom is -0.507 e. The molecule has 1 saturated heterocycles. The van der Waals surface area contributed by atoms with E-state index in [2.05, 4.69) is 4.98 Å². The molecule has 1 aliphatic rings. The molecule has 1 N–H and O–H groups in total. The van der Waals surface area contributed by atoms with E-state index in [1.165, 1.54) is 17.0 Å². The van der Waals surface area contributed by atoms with Crippen LogP contribution in [0.25, 0.3) is 5.76 Å². The molecule has 0 spiro atoms. The number of hydrogen-bond donors (Lipinski definition) is 1.